The van der Waals surface area contributed by atoms with Gasteiger partial charge in [0.1, 0.15) is 4.88 Å². The van der Waals surface area contributed by atoms with Gasteiger partial charge in [0.2, 0.25) is 11.8 Å². The predicted octanol–water partition coefficient (Wildman–Crippen LogP) is 2.15. The van der Waals surface area contributed by atoms with Gasteiger partial charge in [-0.2, -0.15) is 0 Å². The Morgan fingerprint density at radius 2 is 1.88 bits per heavy atom. The maximum Gasteiger partial charge on any atom is 0.409 e. The van der Waals surface area contributed by atoms with Crippen LogP contribution in [0.3, 0.4) is 0 Å². The minimum atomic E-state index is -1.19. The molecule has 1 aromatic carbocycles. The number of hydrogen-bond donors (Lipinski definition) is 4. The Morgan fingerprint density at radius 1 is 1.21 bits per heavy atom. The van der Waals surface area contributed by atoms with Crippen LogP contribution in [-0.4, -0.2) is 58.2 Å². The highest BCUT2D eigenvalue weighted by atomic mass is 32.1. The number of nitrogens with two attached hydrogens (primary N) is 1. The van der Waals surface area contributed by atoms with Crippen molar-refractivity contribution >= 4 is 52.3 Å². The first-order valence-electron chi connectivity index (χ1n) is 10.7. The van der Waals surface area contributed by atoms with Crippen LogP contribution in [0.5, 0.6) is 0 Å². The maximum absolute atomic E-state index is 13.2. The molecule has 5 N–H and O–H groups in total. The number of aryl methyl sites for hydroxylation is 2. The van der Waals surface area contributed by atoms with Crippen molar-refractivity contribution in [3.63, 3.8) is 0 Å². The molecule has 0 unspecified atom stereocenters. The molecule has 0 bridgehead atoms. The third-order valence-corrected chi connectivity index (χ3v) is 6.35. The molecule has 0 radical (unpaired) electrons. The lowest BCUT2D eigenvalue weighted by Gasteiger charge is -2.30. The highest BCUT2D eigenvalue weighted by Gasteiger charge is 2.29. The van der Waals surface area contributed by atoms with Crippen LogP contribution in [0.1, 0.15) is 40.7 Å². The van der Waals surface area contributed by atoms with Crippen molar-refractivity contribution in [1.82, 2.24) is 15.2 Å². The van der Waals surface area contributed by atoms with E-state index in [0.29, 0.717) is 60.2 Å². The number of amides is 4. The number of thiazole rings is 1. The molecule has 34 heavy (non-hydrogen) atoms. The minimum absolute atomic E-state index is 0.164. The molecular formula is C22H26N6O5S. The molecule has 1 saturated heterocycles. The number of aliphatic imine (C=N–C) groups is 1. The summed E-state index contributed by atoms with van der Waals surface area (Å²) in [5.74, 6) is -0.988. The number of nitrogens with zero attached hydrogens (tertiary/aromatic N) is 3. The third-order valence-electron chi connectivity index (χ3n) is 5.35. The maximum atomic E-state index is 13.2. The Bertz CT molecular complexity index is 1090. The largest absolute Gasteiger partial charge is 0.465 e. The number of primary amides is 1. The molecule has 0 aliphatic carbocycles. The zero-order valence-electron chi connectivity index (χ0n) is 18.6. The van der Waals surface area contributed by atoms with Gasteiger partial charge in [-0.05, 0) is 43.4 Å². The average Bonchev–Trinajstić information content (AvgIpc) is 3.19. The summed E-state index contributed by atoms with van der Waals surface area (Å²) in [7, 11) is 0. The Hall–Kier alpha value is -3.80. The zero-order valence-corrected chi connectivity index (χ0v) is 19.4. The lowest BCUT2D eigenvalue weighted by molar-refractivity contribution is -0.123. The van der Waals surface area contributed by atoms with E-state index in [1.807, 2.05) is 12.1 Å². The highest BCUT2D eigenvalue weighted by Crippen LogP contribution is 2.28. The van der Waals surface area contributed by atoms with E-state index in [2.05, 4.69) is 20.6 Å². The van der Waals surface area contributed by atoms with Crippen LogP contribution in [0.4, 0.5) is 15.6 Å². The number of carbonyl (C=O) groups excluding carboxylic acids is 3. The SMILES string of the molecule is CC(=O)Nc1nc(CCc2ccc(N=CNC(=O)O)cc2)c(C(=O)N2CCC(C(N)=O)CC2)s1. The molecule has 180 valence electrons. The fraction of sp³-hybridized carbons (Fsp3) is 0.364. The first-order valence-corrected chi connectivity index (χ1v) is 11.5. The molecule has 12 heteroatoms. The van der Waals surface area contributed by atoms with Crippen LogP contribution >= 0.6 is 11.3 Å². The van der Waals surface area contributed by atoms with E-state index < -0.39 is 6.09 Å². The van der Waals surface area contributed by atoms with Crippen molar-refractivity contribution in [1.29, 1.82) is 0 Å². The first-order chi connectivity index (χ1) is 16.2. The summed E-state index contributed by atoms with van der Waals surface area (Å²) in [4.78, 5) is 57.2. The van der Waals surface area contributed by atoms with Crippen molar-refractivity contribution in [2.75, 3.05) is 18.4 Å². The number of carboxylic acid groups (broad SMARTS) is 1. The van der Waals surface area contributed by atoms with Crippen molar-refractivity contribution in [2.45, 2.75) is 32.6 Å². The molecule has 3 rings (SSSR count). The Kier molecular flexibility index (Phi) is 8.30. The molecule has 0 atom stereocenters. The number of aromatic nitrogens is 1. The number of piperidine rings is 1. The van der Waals surface area contributed by atoms with E-state index in [9.17, 15) is 19.2 Å². The number of carbonyl (C=O) groups is 4. The van der Waals surface area contributed by atoms with Crippen LogP contribution in [0.2, 0.25) is 0 Å². The van der Waals surface area contributed by atoms with Gasteiger partial charge >= 0.3 is 6.09 Å². The highest BCUT2D eigenvalue weighted by molar-refractivity contribution is 7.17. The monoisotopic (exact) mass is 486 g/mol. The van der Waals surface area contributed by atoms with Gasteiger partial charge in [-0.15, -0.1) is 0 Å². The molecule has 0 saturated carbocycles. The van der Waals surface area contributed by atoms with E-state index in [4.69, 9.17) is 10.8 Å². The smallest absolute Gasteiger partial charge is 0.409 e. The number of rotatable bonds is 8. The summed E-state index contributed by atoms with van der Waals surface area (Å²) in [6.45, 7) is 2.27. The summed E-state index contributed by atoms with van der Waals surface area (Å²) < 4.78 is 0. The first kappa shape index (κ1) is 24.8. The van der Waals surface area contributed by atoms with Crippen LogP contribution in [0.15, 0.2) is 29.3 Å². The average molecular weight is 487 g/mol. The minimum Gasteiger partial charge on any atom is -0.465 e. The second-order valence-electron chi connectivity index (χ2n) is 7.82. The van der Waals surface area contributed by atoms with Crippen molar-refractivity contribution in [3.05, 3.63) is 40.4 Å². The van der Waals surface area contributed by atoms with Gasteiger partial charge in [0.15, 0.2) is 5.13 Å². The molecule has 0 spiro atoms. The van der Waals surface area contributed by atoms with Crippen molar-refractivity contribution in [2.24, 2.45) is 16.6 Å². The van der Waals surface area contributed by atoms with E-state index in [0.717, 1.165) is 23.2 Å². The molecule has 1 aliphatic rings. The van der Waals surface area contributed by atoms with Crippen molar-refractivity contribution < 1.29 is 24.3 Å². The molecule has 1 fully saturated rings. The van der Waals surface area contributed by atoms with Gasteiger partial charge in [0, 0.05) is 25.9 Å². The topological polar surface area (TPSA) is 167 Å². The van der Waals surface area contributed by atoms with E-state index >= 15 is 0 Å². The predicted molar refractivity (Wildman–Crippen MR) is 127 cm³/mol. The van der Waals surface area contributed by atoms with Crippen LogP contribution < -0.4 is 16.4 Å². The zero-order chi connectivity index (χ0) is 24.7. The number of nitrogens with one attached hydrogen (secondary N) is 2. The molecule has 2 aromatic rings. The number of anilines is 1. The van der Waals surface area contributed by atoms with Gasteiger partial charge in [0.25, 0.3) is 5.91 Å². The Balaban J connectivity index is 1.69. The fourth-order valence-electron chi connectivity index (χ4n) is 3.58. The Labute approximate surface area is 200 Å². The van der Waals surface area contributed by atoms with E-state index in [-0.39, 0.29) is 23.6 Å². The van der Waals surface area contributed by atoms with Gasteiger partial charge in [-0.3, -0.25) is 19.7 Å². The molecular weight excluding hydrogens is 460 g/mol. The van der Waals surface area contributed by atoms with E-state index in [1.165, 1.54) is 6.92 Å². The van der Waals surface area contributed by atoms with Crippen LogP contribution in [0.25, 0.3) is 0 Å². The quantitative estimate of drug-likeness (QED) is 0.329. The van der Waals surface area contributed by atoms with Crippen LogP contribution in [0, 0.1) is 5.92 Å². The second kappa shape index (κ2) is 11.4. The van der Waals surface area contributed by atoms with Gasteiger partial charge < -0.3 is 21.1 Å². The summed E-state index contributed by atoms with van der Waals surface area (Å²) >= 11 is 1.15. The number of likely N-dealkylation sites (tertiary alicyclic amines) is 1. The lowest BCUT2D eigenvalue weighted by atomic mass is 9.96. The fourth-order valence-corrected chi connectivity index (χ4v) is 4.60. The summed E-state index contributed by atoms with van der Waals surface area (Å²) in [5, 5.41) is 13.6. The van der Waals surface area contributed by atoms with Crippen LogP contribution in [-0.2, 0) is 22.4 Å². The summed E-state index contributed by atoms with van der Waals surface area (Å²) in [5.41, 5.74) is 7.57. The van der Waals surface area contributed by atoms with E-state index in [1.54, 1.807) is 17.0 Å². The molecule has 1 aromatic heterocycles. The Morgan fingerprint density at radius 3 is 2.47 bits per heavy atom. The second-order valence-corrected chi connectivity index (χ2v) is 8.82. The lowest BCUT2D eigenvalue weighted by Crippen LogP contribution is -2.41. The van der Waals surface area contributed by atoms with Gasteiger partial charge in [-0.25, -0.2) is 14.8 Å². The summed E-state index contributed by atoms with van der Waals surface area (Å²) in [6.07, 6.45) is 2.06. The number of hydrogen-bond acceptors (Lipinski definition) is 7. The molecule has 4 amide bonds. The third kappa shape index (κ3) is 6.85. The van der Waals surface area contributed by atoms with Gasteiger partial charge in [0.05, 0.1) is 17.7 Å². The normalized spacial score (nSPS) is 14.2. The standard InChI is InChI=1S/C22H26N6O5S/c1-13(29)26-21-27-17(7-4-14-2-5-16(6-3-14)24-12-25-22(32)33)18(34-21)20(31)28-10-8-15(9-11-28)19(23)30/h2-3,5-6,12,15H,4,7-11H2,1H3,(H2,23,30)(H,24,25)(H,32,33)(H,26,27,29). The van der Waals surface area contributed by atoms with Gasteiger partial charge in [-0.1, -0.05) is 23.5 Å². The molecule has 11 nitrogen and oxygen atoms in total. The number of benzene rings is 1. The summed E-state index contributed by atoms with van der Waals surface area (Å²) in [6, 6.07) is 7.25. The molecule has 1 aliphatic heterocycles. The van der Waals surface area contributed by atoms with Crippen molar-refractivity contribution in [3.8, 4) is 0 Å². The molecule has 2 heterocycles.